The van der Waals surface area contributed by atoms with Crippen molar-refractivity contribution in [1.29, 1.82) is 0 Å². The molecular weight excluding hydrogens is 422 g/mol. The first-order valence-corrected chi connectivity index (χ1v) is 11.7. The predicted molar refractivity (Wildman–Crippen MR) is 123 cm³/mol. The molecule has 2 aliphatic heterocycles. The van der Waals surface area contributed by atoms with Crippen molar-refractivity contribution in [3.8, 4) is 0 Å². The Morgan fingerprint density at radius 2 is 2.03 bits per heavy atom. The summed E-state index contributed by atoms with van der Waals surface area (Å²) in [5.74, 6) is 0.626. The minimum absolute atomic E-state index is 0.0986. The lowest BCUT2D eigenvalue weighted by Gasteiger charge is -2.31. The number of nitrogens with zero attached hydrogens (tertiary/aromatic N) is 6. The van der Waals surface area contributed by atoms with Gasteiger partial charge in [0.15, 0.2) is 5.78 Å². The van der Waals surface area contributed by atoms with Crippen LogP contribution in [0.4, 0.5) is 5.82 Å². The number of nitrogens with one attached hydrogen (secondary N) is 1. The van der Waals surface area contributed by atoms with E-state index >= 15 is 0 Å². The van der Waals surface area contributed by atoms with Crippen molar-refractivity contribution >= 4 is 17.5 Å². The van der Waals surface area contributed by atoms with Crippen LogP contribution >= 0.6 is 0 Å². The van der Waals surface area contributed by atoms with Crippen LogP contribution in [-0.4, -0.2) is 84.7 Å². The Morgan fingerprint density at radius 1 is 1.24 bits per heavy atom. The van der Waals surface area contributed by atoms with E-state index in [1.807, 2.05) is 22.8 Å². The van der Waals surface area contributed by atoms with Crippen LogP contribution in [0.5, 0.6) is 0 Å². The number of fused-ring (bicyclic) bond motifs is 1. The van der Waals surface area contributed by atoms with Gasteiger partial charge in [0.2, 0.25) is 5.91 Å². The number of anilines is 1. The molecule has 1 amide bonds. The van der Waals surface area contributed by atoms with Gasteiger partial charge in [-0.25, -0.2) is 9.97 Å². The second-order valence-electron chi connectivity index (χ2n) is 9.05. The van der Waals surface area contributed by atoms with Crippen LogP contribution in [0.25, 0.3) is 0 Å². The van der Waals surface area contributed by atoms with E-state index in [1.165, 1.54) is 17.6 Å². The Morgan fingerprint density at radius 3 is 2.79 bits per heavy atom. The maximum atomic E-state index is 12.7. The monoisotopic (exact) mass is 455 g/mol. The van der Waals surface area contributed by atoms with Gasteiger partial charge in [-0.15, -0.1) is 0 Å². The highest BCUT2D eigenvalue weighted by Gasteiger charge is 2.23. The van der Waals surface area contributed by atoms with Crippen LogP contribution < -0.4 is 5.32 Å². The summed E-state index contributed by atoms with van der Waals surface area (Å²) in [5.41, 5.74) is 2.83. The summed E-state index contributed by atoms with van der Waals surface area (Å²) in [4.78, 5) is 36.6. The Hall–Kier alpha value is -2.85. The minimum Gasteiger partial charge on any atom is -0.392 e. The number of aliphatic hydroxyl groups excluding tert-OH is 1. The molecule has 0 spiro atoms. The zero-order valence-electron chi connectivity index (χ0n) is 19.4. The quantitative estimate of drug-likeness (QED) is 0.567. The number of β-amino-alcohol motifs (C(OH)–C–C–N with tert-alkyl or cyclic N) is 1. The first kappa shape index (κ1) is 23.3. The number of hydrogen-bond acceptors (Lipinski definition) is 8. The lowest BCUT2D eigenvalue weighted by atomic mass is 10.0. The smallest absolute Gasteiger partial charge is 0.219 e. The first-order chi connectivity index (χ1) is 15.9. The summed E-state index contributed by atoms with van der Waals surface area (Å²) in [6.07, 6.45) is 5.99. The SMILES string of the molecule is CC(=O)N1CCC(Nc2cc(C(=O)CC[C@H](O)CN3CCc4cnn(C)c4C3)ncn2)CC1. The number of carbonyl (C=O) groups is 2. The van der Waals surface area contributed by atoms with E-state index in [4.69, 9.17) is 0 Å². The number of amides is 1. The van der Waals surface area contributed by atoms with Gasteiger partial charge in [0, 0.05) is 65.2 Å². The molecule has 1 atom stereocenters. The molecule has 33 heavy (non-hydrogen) atoms. The van der Waals surface area contributed by atoms with Crippen LogP contribution in [0, 0.1) is 0 Å². The molecule has 0 aromatic carbocycles. The molecule has 1 saturated heterocycles. The predicted octanol–water partition coefficient (Wildman–Crippen LogP) is 1.02. The summed E-state index contributed by atoms with van der Waals surface area (Å²) in [6.45, 7) is 5.23. The fourth-order valence-corrected chi connectivity index (χ4v) is 4.60. The van der Waals surface area contributed by atoms with Gasteiger partial charge >= 0.3 is 0 Å². The molecule has 0 radical (unpaired) electrons. The van der Waals surface area contributed by atoms with Crippen LogP contribution in [0.3, 0.4) is 0 Å². The summed E-state index contributed by atoms with van der Waals surface area (Å²) in [6, 6.07) is 1.89. The van der Waals surface area contributed by atoms with Crippen molar-refractivity contribution in [1.82, 2.24) is 29.5 Å². The van der Waals surface area contributed by atoms with E-state index < -0.39 is 6.10 Å². The highest BCUT2D eigenvalue weighted by Crippen LogP contribution is 2.19. The van der Waals surface area contributed by atoms with Crippen molar-refractivity contribution in [3.63, 3.8) is 0 Å². The Balaban J connectivity index is 1.23. The van der Waals surface area contributed by atoms with Gasteiger partial charge in [0.1, 0.15) is 17.8 Å². The first-order valence-electron chi connectivity index (χ1n) is 11.7. The van der Waals surface area contributed by atoms with E-state index in [9.17, 15) is 14.7 Å². The van der Waals surface area contributed by atoms with Gasteiger partial charge in [-0.3, -0.25) is 19.2 Å². The average molecular weight is 456 g/mol. The van der Waals surface area contributed by atoms with E-state index in [0.717, 1.165) is 45.4 Å². The van der Waals surface area contributed by atoms with Crippen LogP contribution in [0.1, 0.15) is 54.4 Å². The number of likely N-dealkylation sites (tertiary alicyclic amines) is 1. The molecule has 10 nitrogen and oxygen atoms in total. The molecule has 0 bridgehead atoms. The van der Waals surface area contributed by atoms with Crippen LogP contribution in [0.15, 0.2) is 18.6 Å². The molecular formula is C23H33N7O3. The molecule has 4 rings (SSSR count). The number of aliphatic hydroxyl groups is 1. The zero-order valence-corrected chi connectivity index (χ0v) is 19.4. The Kier molecular flexibility index (Phi) is 7.34. The summed E-state index contributed by atoms with van der Waals surface area (Å²) in [7, 11) is 1.94. The highest BCUT2D eigenvalue weighted by atomic mass is 16.3. The van der Waals surface area contributed by atoms with Gasteiger partial charge in [-0.2, -0.15) is 5.10 Å². The van der Waals surface area contributed by atoms with Crippen molar-refractivity contribution < 1.29 is 14.7 Å². The topological polar surface area (TPSA) is 116 Å². The number of aromatic nitrogens is 4. The molecule has 0 unspecified atom stereocenters. The second kappa shape index (κ2) is 10.4. The summed E-state index contributed by atoms with van der Waals surface area (Å²) in [5, 5.41) is 18.2. The second-order valence-corrected chi connectivity index (χ2v) is 9.05. The average Bonchev–Trinajstić information content (AvgIpc) is 3.18. The van der Waals surface area contributed by atoms with Crippen LogP contribution in [0.2, 0.25) is 0 Å². The van der Waals surface area contributed by atoms with Gasteiger partial charge in [-0.05, 0) is 31.2 Å². The number of rotatable bonds is 8. The maximum Gasteiger partial charge on any atom is 0.219 e. The largest absolute Gasteiger partial charge is 0.392 e. The Bertz CT molecular complexity index is 984. The fraction of sp³-hybridized carbons (Fsp3) is 0.609. The summed E-state index contributed by atoms with van der Waals surface area (Å²) >= 11 is 0. The van der Waals surface area contributed by atoms with Crippen molar-refractivity contribution in [2.24, 2.45) is 7.05 Å². The lowest BCUT2D eigenvalue weighted by molar-refractivity contribution is -0.129. The lowest BCUT2D eigenvalue weighted by Crippen LogP contribution is -2.41. The standard InChI is InChI=1S/C23H33N7O3/c1-16(31)30-9-6-18(7-10-30)27-23-11-20(24-15-25-23)22(33)4-3-19(32)13-29-8-5-17-12-26-28(2)21(17)14-29/h11-12,15,18-19,32H,3-10,13-14H2,1-2H3,(H,24,25,27)/t19-/m0/s1. The number of piperidine rings is 1. The van der Waals surface area contributed by atoms with Gasteiger partial charge in [0.05, 0.1) is 18.0 Å². The molecule has 2 aliphatic rings. The third-order valence-corrected chi connectivity index (χ3v) is 6.64. The number of ketones is 1. The molecule has 4 heterocycles. The number of hydrogen-bond donors (Lipinski definition) is 2. The van der Waals surface area contributed by atoms with Gasteiger partial charge in [-0.1, -0.05) is 0 Å². The molecule has 1 fully saturated rings. The fourth-order valence-electron chi connectivity index (χ4n) is 4.60. The van der Waals surface area contributed by atoms with E-state index in [-0.39, 0.29) is 24.2 Å². The number of carbonyl (C=O) groups excluding carboxylic acids is 2. The molecule has 10 heteroatoms. The minimum atomic E-state index is -0.574. The highest BCUT2D eigenvalue weighted by molar-refractivity contribution is 5.94. The third kappa shape index (κ3) is 5.94. The van der Waals surface area contributed by atoms with Crippen LogP contribution in [-0.2, 0) is 24.8 Å². The maximum absolute atomic E-state index is 12.7. The third-order valence-electron chi connectivity index (χ3n) is 6.64. The van der Waals surface area contributed by atoms with Gasteiger partial charge < -0.3 is 15.3 Å². The van der Waals surface area contributed by atoms with Crippen molar-refractivity contribution in [3.05, 3.63) is 35.5 Å². The van der Waals surface area contributed by atoms with Gasteiger partial charge in [0.25, 0.3) is 0 Å². The van der Waals surface area contributed by atoms with E-state index in [2.05, 4.69) is 25.3 Å². The molecule has 178 valence electrons. The summed E-state index contributed by atoms with van der Waals surface area (Å²) < 4.78 is 1.89. The van der Waals surface area contributed by atoms with Crippen molar-refractivity contribution in [2.75, 3.05) is 31.5 Å². The molecule has 0 saturated carbocycles. The Labute approximate surface area is 194 Å². The molecule has 0 aliphatic carbocycles. The van der Waals surface area contributed by atoms with E-state index in [0.29, 0.717) is 24.5 Å². The zero-order chi connectivity index (χ0) is 23.4. The molecule has 2 aromatic rings. The normalized spacial score (nSPS) is 18.1. The molecule has 2 N–H and O–H groups in total. The van der Waals surface area contributed by atoms with Crippen molar-refractivity contribution in [2.45, 2.75) is 57.7 Å². The molecule has 2 aromatic heterocycles. The number of Topliss-reactive ketones (excluding diaryl/α,β-unsaturated/α-hetero) is 1. The van der Waals surface area contributed by atoms with E-state index in [1.54, 1.807) is 13.0 Å². The number of aryl methyl sites for hydroxylation is 1.